The third kappa shape index (κ3) is 3.81. The smallest absolute Gasteiger partial charge is 0.219 e. The SMILES string of the molecule is CCCNCc1cccc(Oc2cccc(C)c2C)n1. The topological polar surface area (TPSA) is 34.1 Å². The Hall–Kier alpha value is -1.87. The molecule has 1 heterocycles. The first-order valence-electron chi connectivity index (χ1n) is 7.11. The maximum Gasteiger partial charge on any atom is 0.219 e. The van der Waals surface area contributed by atoms with E-state index >= 15 is 0 Å². The number of hydrogen-bond donors (Lipinski definition) is 1. The van der Waals surface area contributed by atoms with Gasteiger partial charge in [0.1, 0.15) is 5.75 Å². The molecule has 0 amide bonds. The molecular formula is C17H22N2O. The summed E-state index contributed by atoms with van der Waals surface area (Å²) in [7, 11) is 0. The maximum absolute atomic E-state index is 5.90. The second-order valence-corrected chi connectivity index (χ2v) is 4.94. The van der Waals surface area contributed by atoms with Crippen LogP contribution in [0.25, 0.3) is 0 Å². The lowest BCUT2D eigenvalue weighted by atomic mass is 10.1. The summed E-state index contributed by atoms with van der Waals surface area (Å²) < 4.78 is 5.90. The quantitative estimate of drug-likeness (QED) is 0.806. The predicted molar refractivity (Wildman–Crippen MR) is 82.2 cm³/mol. The Balaban J connectivity index is 2.09. The highest BCUT2D eigenvalue weighted by atomic mass is 16.5. The van der Waals surface area contributed by atoms with E-state index in [1.807, 2.05) is 30.3 Å². The molecule has 106 valence electrons. The Bertz CT molecular complexity index is 567. The Labute approximate surface area is 121 Å². The second kappa shape index (κ2) is 7.06. The molecule has 0 spiro atoms. The minimum atomic E-state index is 0.648. The Morgan fingerprint density at radius 3 is 2.70 bits per heavy atom. The summed E-state index contributed by atoms with van der Waals surface area (Å²) in [5.74, 6) is 1.52. The fraction of sp³-hybridized carbons (Fsp3) is 0.353. The van der Waals surface area contributed by atoms with Crippen molar-refractivity contribution in [2.45, 2.75) is 33.7 Å². The molecule has 1 aromatic heterocycles. The van der Waals surface area contributed by atoms with Crippen LogP contribution in [0.15, 0.2) is 36.4 Å². The van der Waals surface area contributed by atoms with Gasteiger partial charge >= 0.3 is 0 Å². The lowest BCUT2D eigenvalue weighted by Crippen LogP contribution is -2.14. The van der Waals surface area contributed by atoms with Crippen molar-refractivity contribution in [3.05, 3.63) is 53.2 Å². The lowest BCUT2D eigenvalue weighted by molar-refractivity contribution is 0.455. The van der Waals surface area contributed by atoms with E-state index in [2.05, 4.69) is 37.1 Å². The van der Waals surface area contributed by atoms with Crippen molar-refractivity contribution < 1.29 is 4.74 Å². The fourth-order valence-electron chi connectivity index (χ4n) is 1.95. The molecule has 0 aliphatic rings. The van der Waals surface area contributed by atoms with Crippen LogP contribution in [0.4, 0.5) is 0 Å². The van der Waals surface area contributed by atoms with Gasteiger partial charge in [-0.2, -0.15) is 0 Å². The number of pyridine rings is 1. The summed E-state index contributed by atoms with van der Waals surface area (Å²) in [6, 6.07) is 12.0. The second-order valence-electron chi connectivity index (χ2n) is 4.94. The van der Waals surface area contributed by atoms with Crippen LogP contribution in [0.2, 0.25) is 0 Å². The van der Waals surface area contributed by atoms with Crippen LogP contribution in [-0.4, -0.2) is 11.5 Å². The summed E-state index contributed by atoms with van der Waals surface area (Å²) in [5.41, 5.74) is 3.38. The number of hydrogen-bond acceptors (Lipinski definition) is 3. The van der Waals surface area contributed by atoms with Gasteiger partial charge in [0.25, 0.3) is 0 Å². The molecule has 0 atom stereocenters. The van der Waals surface area contributed by atoms with Crippen molar-refractivity contribution in [2.75, 3.05) is 6.54 Å². The van der Waals surface area contributed by atoms with Gasteiger partial charge in [0.2, 0.25) is 5.88 Å². The van der Waals surface area contributed by atoms with Crippen LogP contribution in [0.3, 0.4) is 0 Å². The molecule has 0 saturated carbocycles. The van der Waals surface area contributed by atoms with Gasteiger partial charge in [-0.3, -0.25) is 0 Å². The monoisotopic (exact) mass is 270 g/mol. The number of ether oxygens (including phenoxy) is 1. The lowest BCUT2D eigenvalue weighted by Gasteiger charge is -2.10. The molecule has 2 rings (SSSR count). The third-order valence-corrected chi connectivity index (χ3v) is 3.28. The number of aryl methyl sites for hydroxylation is 1. The molecule has 0 fully saturated rings. The van der Waals surface area contributed by atoms with E-state index in [1.165, 1.54) is 5.56 Å². The zero-order chi connectivity index (χ0) is 14.4. The Morgan fingerprint density at radius 1 is 1.10 bits per heavy atom. The van der Waals surface area contributed by atoms with Gasteiger partial charge in [0, 0.05) is 12.6 Å². The first-order chi connectivity index (χ1) is 9.70. The molecule has 0 bridgehead atoms. The Kier molecular flexibility index (Phi) is 5.13. The van der Waals surface area contributed by atoms with Gasteiger partial charge in [-0.1, -0.05) is 25.1 Å². The maximum atomic E-state index is 5.90. The largest absolute Gasteiger partial charge is 0.439 e. The first-order valence-corrected chi connectivity index (χ1v) is 7.11. The van der Waals surface area contributed by atoms with E-state index in [4.69, 9.17) is 4.74 Å². The summed E-state index contributed by atoms with van der Waals surface area (Å²) in [6.07, 6.45) is 1.12. The molecule has 20 heavy (non-hydrogen) atoms. The zero-order valence-corrected chi connectivity index (χ0v) is 12.4. The highest BCUT2D eigenvalue weighted by Crippen LogP contribution is 2.25. The van der Waals surface area contributed by atoms with Crippen LogP contribution in [0.1, 0.15) is 30.2 Å². The molecule has 0 unspecified atom stereocenters. The average molecular weight is 270 g/mol. The number of nitrogens with one attached hydrogen (secondary N) is 1. The summed E-state index contributed by atoms with van der Waals surface area (Å²) in [5, 5.41) is 3.34. The van der Waals surface area contributed by atoms with Crippen molar-refractivity contribution in [1.82, 2.24) is 10.3 Å². The molecule has 0 aliphatic heterocycles. The normalized spacial score (nSPS) is 10.6. The number of nitrogens with zero attached hydrogens (tertiary/aromatic N) is 1. The highest BCUT2D eigenvalue weighted by Gasteiger charge is 2.05. The molecule has 1 N–H and O–H groups in total. The van der Waals surface area contributed by atoms with E-state index in [9.17, 15) is 0 Å². The van der Waals surface area contributed by atoms with Crippen molar-refractivity contribution in [3.8, 4) is 11.6 Å². The van der Waals surface area contributed by atoms with Crippen molar-refractivity contribution in [3.63, 3.8) is 0 Å². The molecule has 1 aromatic carbocycles. The minimum Gasteiger partial charge on any atom is -0.439 e. The predicted octanol–water partition coefficient (Wildman–Crippen LogP) is 3.99. The average Bonchev–Trinajstić information content (AvgIpc) is 2.45. The van der Waals surface area contributed by atoms with Crippen molar-refractivity contribution in [1.29, 1.82) is 0 Å². The summed E-state index contributed by atoms with van der Waals surface area (Å²) >= 11 is 0. The van der Waals surface area contributed by atoms with Crippen LogP contribution in [0, 0.1) is 13.8 Å². The van der Waals surface area contributed by atoms with Crippen LogP contribution >= 0.6 is 0 Å². The van der Waals surface area contributed by atoms with Crippen LogP contribution in [-0.2, 0) is 6.54 Å². The number of benzene rings is 1. The van der Waals surface area contributed by atoms with Gasteiger partial charge in [-0.25, -0.2) is 4.98 Å². The minimum absolute atomic E-state index is 0.648. The highest BCUT2D eigenvalue weighted by molar-refractivity contribution is 5.40. The van der Waals surface area contributed by atoms with Crippen LogP contribution < -0.4 is 10.1 Å². The summed E-state index contributed by atoms with van der Waals surface area (Å²) in [6.45, 7) is 8.08. The van der Waals surface area contributed by atoms with Gasteiger partial charge in [0.05, 0.1) is 5.69 Å². The molecule has 0 saturated heterocycles. The van der Waals surface area contributed by atoms with Crippen molar-refractivity contribution >= 4 is 0 Å². The number of aromatic nitrogens is 1. The fourth-order valence-corrected chi connectivity index (χ4v) is 1.95. The van der Waals surface area contributed by atoms with Crippen LogP contribution in [0.5, 0.6) is 11.6 Å². The zero-order valence-electron chi connectivity index (χ0n) is 12.4. The molecule has 3 nitrogen and oxygen atoms in total. The third-order valence-electron chi connectivity index (χ3n) is 3.28. The molecule has 0 radical (unpaired) electrons. The van der Waals surface area contributed by atoms with E-state index in [0.29, 0.717) is 5.88 Å². The van der Waals surface area contributed by atoms with E-state index < -0.39 is 0 Å². The van der Waals surface area contributed by atoms with Crippen molar-refractivity contribution in [2.24, 2.45) is 0 Å². The Morgan fingerprint density at radius 2 is 1.90 bits per heavy atom. The van der Waals surface area contributed by atoms with Gasteiger partial charge < -0.3 is 10.1 Å². The molecular weight excluding hydrogens is 248 g/mol. The molecule has 3 heteroatoms. The van der Waals surface area contributed by atoms with E-state index in [-0.39, 0.29) is 0 Å². The van der Waals surface area contributed by atoms with Gasteiger partial charge in [-0.15, -0.1) is 0 Å². The molecule has 2 aromatic rings. The van der Waals surface area contributed by atoms with Gasteiger partial charge in [-0.05, 0) is 50.1 Å². The first kappa shape index (κ1) is 14.5. The molecule has 0 aliphatic carbocycles. The van der Waals surface area contributed by atoms with E-state index in [0.717, 1.165) is 36.5 Å². The van der Waals surface area contributed by atoms with Gasteiger partial charge in [0.15, 0.2) is 0 Å². The summed E-state index contributed by atoms with van der Waals surface area (Å²) in [4.78, 5) is 4.53. The van der Waals surface area contributed by atoms with E-state index in [1.54, 1.807) is 0 Å². The number of rotatable bonds is 6. The standard InChI is InChI=1S/C17H22N2O/c1-4-11-18-12-15-8-6-10-17(19-15)20-16-9-5-7-13(2)14(16)3/h5-10,18H,4,11-12H2,1-3H3.